The van der Waals surface area contributed by atoms with E-state index in [0.717, 1.165) is 9.35 Å². The summed E-state index contributed by atoms with van der Waals surface area (Å²) in [5.74, 6) is 0.151. The van der Waals surface area contributed by atoms with E-state index in [1.165, 1.54) is 24.6 Å². The Hall–Kier alpha value is -0.850. The van der Waals surface area contributed by atoms with Crippen molar-refractivity contribution in [3.05, 3.63) is 26.8 Å². The number of aromatic nitrogens is 2. The Kier molecular flexibility index (Phi) is 3.32. The number of imidazole rings is 1. The molecule has 2 heterocycles. The molecule has 0 aromatic carbocycles. The van der Waals surface area contributed by atoms with Crippen LogP contribution in [0.4, 0.5) is 0 Å². The van der Waals surface area contributed by atoms with Crippen LogP contribution in [0.5, 0.6) is 0 Å². The highest BCUT2D eigenvalue weighted by Crippen LogP contribution is 2.36. The standard InChI is InChI=1S/C9H6BrClN2O2S/c1-15-9(14)5-3-12-8(13-5)6-2-4(10)7(11)16-6/h2-3H,1H3,(H,12,13). The second-order valence-corrected chi connectivity index (χ2v) is 5.38. The van der Waals surface area contributed by atoms with E-state index in [1.807, 2.05) is 6.07 Å². The highest BCUT2D eigenvalue weighted by atomic mass is 79.9. The normalized spacial score (nSPS) is 10.4. The van der Waals surface area contributed by atoms with E-state index in [-0.39, 0.29) is 0 Å². The van der Waals surface area contributed by atoms with Crippen molar-refractivity contribution < 1.29 is 9.53 Å². The zero-order valence-corrected chi connectivity index (χ0v) is 11.2. The van der Waals surface area contributed by atoms with E-state index in [4.69, 9.17) is 11.6 Å². The third-order valence-electron chi connectivity index (χ3n) is 1.86. The molecule has 0 spiro atoms. The minimum absolute atomic E-state index is 0.318. The number of halogens is 2. The van der Waals surface area contributed by atoms with Gasteiger partial charge in [0.15, 0.2) is 0 Å². The Morgan fingerprint density at radius 2 is 2.44 bits per heavy atom. The van der Waals surface area contributed by atoms with Gasteiger partial charge in [-0.15, -0.1) is 11.3 Å². The maximum Gasteiger partial charge on any atom is 0.356 e. The molecule has 2 aromatic rings. The lowest BCUT2D eigenvalue weighted by Gasteiger charge is -1.92. The van der Waals surface area contributed by atoms with Crippen molar-refractivity contribution in [2.24, 2.45) is 0 Å². The van der Waals surface area contributed by atoms with Gasteiger partial charge in [0.25, 0.3) is 0 Å². The van der Waals surface area contributed by atoms with Gasteiger partial charge in [0, 0.05) is 4.47 Å². The molecule has 0 atom stereocenters. The fourth-order valence-electron chi connectivity index (χ4n) is 1.12. The first-order chi connectivity index (χ1) is 7.61. The van der Waals surface area contributed by atoms with Gasteiger partial charge in [-0.3, -0.25) is 0 Å². The van der Waals surface area contributed by atoms with Gasteiger partial charge in [-0.2, -0.15) is 0 Å². The molecule has 0 bridgehead atoms. The molecule has 4 nitrogen and oxygen atoms in total. The topological polar surface area (TPSA) is 55.0 Å². The monoisotopic (exact) mass is 320 g/mol. The SMILES string of the molecule is COC(=O)c1cnc(-c2cc(Br)c(Cl)s2)[nH]1. The molecule has 1 N–H and O–H groups in total. The van der Waals surface area contributed by atoms with E-state index in [1.54, 1.807) is 0 Å². The number of nitrogens with zero attached hydrogens (tertiary/aromatic N) is 1. The molecule has 2 aromatic heterocycles. The van der Waals surface area contributed by atoms with Crippen LogP contribution in [0.25, 0.3) is 10.7 Å². The molecular formula is C9H6BrClN2O2S. The average Bonchev–Trinajstić information content (AvgIpc) is 2.86. The number of carbonyl (C=O) groups excluding carboxylic acids is 1. The molecule has 84 valence electrons. The Morgan fingerprint density at radius 1 is 1.69 bits per heavy atom. The van der Waals surface area contributed by atoms with Crippen LogP contribution < -0.4 is 0 Å². The second-order valence-electron chi connectivity index (χ2n) is 2.87. The summed E-state index contributed by atoms with van der Waals surface area (Å²) >= 11 is 10.6. The summed E-state index contributed by atoms with van der Waals surface area (Å²) in [5, 5.41) is 0. The summed E-state index contributed by atoms with van der Waals surface area (Å²) in [6, 6.07) is 1.84. The zero-order chi connectivity index (χ0) is 11.7. The number of nitrogens with one attached hydrogen (secondary N) is 1. The number of carbonyl (C=O) groups is 1. The minimum atomic E-state index is -0.444. The highest BCUT2D eigenvalue weighted by molar-refractivity contribution is 9.10. The van der Waals surface area contributed by atoms with Gasteiger partial charge < -0.3 is 9.72 Å². The Bertz CT molecular complexity index is 518. The maximum atomic E-state index is 11.2. The summed E-state index contributed by atoms with van der Waals surface area (Å²) in [6.07, 6.45) is 1.43. The van der Waals surface area contributed by atoms with Crippen molar-refractivity contribution in [1.29, 1.82) is 0 Å². The lowest BCUT2D eigenvalue weighted by Crippen LogP contribution is -2.00. The summed E-state index contributed by atoms with van der Waals surface area (Å²) in [5.41, 5.74) is 0.318. The van der Waals surface area contributed by atoms with Crippen molar-refractivity contribution in [1.82, 2.24) is 9.97 Å². The predicted molar refractivity (Wildman–Crippen MR) is 66.0 cm³/mol. The van der Waals surface area contributed by atoms with Crippen LogP contribution in [0.15, 0.2) is 16.7 Å². The molecule has 0 unspecified atom stereocenters. The molecule has 2 rings (SSSR count). The van der Waals surface area contributed by atoms with Gasteiger partial charge in [0.05, 0.1) is 18.2 Å². The smallest absolute Gasteiger partial charge is 0.356 e. The third-order valence-corrected chi connectivity index (χ3v) is 4.34. The Balaban J connectivity index is 2.35. The molecule has 16 heavy (non-hydrogen) atoms. The Morgan fingerprint density at radius 3 is 3.00 bits per heavy atom. The van der Waals surface area contributed by atoms with Crippen LogP contribution in [-0.2, 0) is 4.74 Å². The van der Waals surface area contributed by atoms with E-state index in [2.05, 4.69) is 30.6 Å². The number of aromatic amines is 1. The van der Waals surface area contributed by atoms with Crippen LogP contribution in [0.2, 0.25) is 4.34 Å². The van der Waals surface area contributed by atoms with Gasteiger partial charge in [0.1, 0.15) is 15.9 Å². The molecule has 0 amide bonds. The molecular weight excluding hydrogens is 316 g/mol. The lowest BCUT2D eigenvalue weighted by molar-refractivity contribution is 0.0595. The number of esters is 1. The Labute approximate surface area is 109 Å². The molecule has 0 saturated carbocycles. The average molecular weight is 322 g/mol. The number of thiophene rings is 1. The zero-order valence-electron chi connectivity index (χ0n) is 8.08. The van der Waals surface area contributed by atoms with Crippen LogP contribution in [-0.4, -0.2) is 23.0 Å². The van der Waals surface area contributed by atoms with Gasteiger partial charge in [-0.1, -0.05) is 11.6 Å². The van der Waals surface area contributed by atoms with Crippen LogP contribution >= 0.6 is 38.9 Å². The van der Waals surface area contributed by atoms with Crippen molar-refractivity contribution in [2.75, 3.05) is 7.11 Å². The van der Waals surface area contributed by atoms with Gasteiger partial charge in [-0.25, -0.2) is 9.78 Å². The van der Waals surface area contributed by atoms with Crippen molar-refractivity contribution >= 4 is 44.8 Å². The first-order valence-corrected chi connectivity index (χ1v) is 6.19. The van der Waals surface area contributed by atoms with Crippen LogP contribution in [0.3, 0.4) is 0 Å². The summed E-state index contributed by atoms with van der Waals surface area (Å²) < 4.78 is 6.03. The predicted octanol–water partition coefficient (Wildman–Crippen LogP) is 3.34. The second kappa shape index (κ2) is 4.57. The van der Waals surface area contributed by atoms with Crippen molar-refractivity contribution in [3.8, 4) is 10.7 Å². The number of methoxy groups -OCH3 is 1. The molecule has 0 fully saturated rings. The van der Waals surface area contributed by atoms with E-state index in [0.29, 0.717) is 15.9 Å². The fourth-order valence-corrected chi connectivity index (χ4v) is 2.78. The van der Waals surface area contributed by atoms with Crippen molar-refractivity contribution in [3.63, 3.8) is 0 Å². The largest absolute Gasteiger partial charge is 0.464 e. The molecule has 0 radical (unpaired) electrons. The summed E-state index contributed by atoms with van der Waals surface area (Å²) in [6.45, 7) is 0. The first kappa shape index (κ1) is 11.6. The summed E-state index contributed by atoms with van der Waals surface area (Å²) in [4.78, 5) is 19.0. The van der Waals surface area contributed by atoms with Crippen molar-refractivity contribution in [2.45, 2.75) is 0 Å². The quantitative estimate of drug-likeness (QED) is 0.863. The first-order valence-electron chi connectivity index (χ1n) is 4.20. The summed E-state index contributed by atoms with van der Waals surface area (Å²) in [7, 11) is 1.32. The molecule has 0 saturated heterocycles. The van der Waals surface area contributed by atoms with E-state index in [9.17, 15) is 4.79 Å². The van der Waals surface area contributed by atoms with Crippen LogP contribution in [0.1, 0.15) is 10.5 Å². The molecule has 0 aliphatic rings. The maximum absolute atomic E-state index is 11.2. The minimum Gasteiger partial charge on any atom is -0.464 e. The number of hydrogen-bond acceptors (Lipinski definition) is 4. The highest BCUT2D eigenvalue weighted by Gasteiger charge is 2.13. The van der Waals surface area contributed by atoms with Gasteiger partial charge in [-0.05, 0) is 22.0 Å². The third kappa shape index (κ3) is 2.14. The number of ether oxygens (including phenoxy) is 1. The van der Waals surface area contributed by atoms with Crippen LogP contribution in [0, 0.1) is 0 Å². The number of H-pyrrole nitrogens is 1. The lowest BCUT2D eigenvalue weighted by atomic mass is 10.4. The molecule has 0 aliphatic carbocycles. The number of rotatable bonds is 2. The van der Waals surface area contributed by atoms with E-state index >= 15 is 0 Å². The molecule has 7 heteroatoms. The van der Waals surface area contributed by atoms with Gasteiger partial charge in [0.2, 0.25) is 0 Å². The van der Waals surface area contributed by atoms with Gasteiger partial charge >= 0.3 is 5.97 Å². The fraction of sp³-hybridized carbons (Fsp3) is 0.111. The molecule has 0 aliphatic heterocycles. The van der Waals surface area contributed by atoms with E-state index < -0.39 is 5.97 Å². The number of hydrogen-bond donors (Lipinski definition) is 1.